The molecule has 1 saturated heterocycles. The van der Waals surface area contributed by atoms with Crippen molar-refractivity contribution in [2.75, 3.05) is 6.54 Å². The normalized spacial score (nSPS) is 32.6. The van der Waals surface area contributed by atoms with Crippen LogP contribution in [0, 0.1) is 5.92 Å². The van der Waals surface area contributed by atoms with Crippen molar-refractivity contribution >= 4 is 0 Å². The molecule has 2 rings (SSSR count). The highest BCUT2D eigenvalue weighted by atomic mass is 19.3. The quantitative estimate of drug-likeness (QED) is 0.642. The van der Waals surface area contributed by atoms with E-state index in [9.17, 15) is 8.78 Å². The first-order valence-electron chi connectivity index (χ1n) is 4.99. The number of hydrogen-bond acceptors (Lipinski definition) is 1. The number of fused-ring (bicyclic) bond motifs is 1. The molecule has 0 aromatic heterocycles. The lowest BCUT2D eigenvalue weighted by molar-refractivity contribution is 0.0587. The Balaban J connectivity index is 2.16. The maximum atomic E-state index is 12.6. The Labute approximate surface area is 77.4 Å². The van der Waals surface area contributed by atoms with Gasteiger partial charge in [0.15, 0.2) is 0 Å². The molecule has 0 aromatic carbocycles. The van der Waals surface area contributed by atoms with Gasteiger partial charge in [-0.15, -0.1) is 0 Å². The summed E-state index contributed by atoms with van der Waals surface area (Å²) in [6.07, 6.45) is 2.55. The summed E-state index contributed by atoms with van der Waals surface area (Å²) in [6.45, 7) is 2.89. The van der Waals surface area contributed by atoms with Gasteiger partial charge in [0.1, 0.15) is 0 Å². The molecule has 2 atom stereocenters. The van der Waals surface area contributed by atoms with Crippen molar-refractivity contribution in [3.05, 3.63) is 11.8 Å². The van der Waals surface area contributed by atoms with Crippen molar-refractivity contribution in [1.82, 2.24) is 4.90 Å². The van der Waals surface area contributed by atoms with Gasteiger partial charge in [-0.2, -0.15) is 0 Å². The van der Waals surface area contributed by atoms with Crippen LogP contribution in [0.15, 0.2) is 11.8 Å². The first kappa shape index (κ1) is 8.97. The molecule has 0 aromatic rings. The molecular formula is C10H15F2N. The molecule has 0 amide bonds. The predicted octanol–water partition coefficient (Wildman–Crippen LogP) is 2.64. The molecule has 0 spiro atoms. The summed E-state index contributed by atoms with van der Waals surface area (Å²) in [5, 5.41) is 0. The van der Waals surface area contributed by atoms with Crippen LogP contribution >= 0.6 is 0 Å². The molecule has 2 aliphatic rings. The zero-order chi connectivity index (χ0) is 9.42. The second-order valence-electron chi connectivity index (χ2n) is 3.85. The maximum absolute atomic E-state index is 12.6. The molecule has 2 aliphatic heterocycles. The van der Waals surface area contributed by atoms with E-state index in [1.807, 2.05) is 4.90 Å². The van der Waals surface area contributed by atoms with Gasteiger partial charge in [-0.25, -0.2) is 8.78 Å². The van der Waals surface area contributed by atoms with Crippen LogP contribution in [0.1, 0.15) is 26.2 Å². The molecule has 0 N–H and O–H groups in total. The molecule has 13 heavy (non-hydrogen) atoms. The van der Waals surface area contributed by atoms with Crippen molar-refractivity contribution in [2.45, 2.75) is 38.7 Å². The highest BCUT2D eigenvalue weighted by Crippen LogP contribution is 2.40. The lowest BCUT2D eigenvalue weighted by Crippen LogP contribution is -2.32. The summed E-state index contributed by atoms with van der Waals surface area (Å²) in [5.74, 6) is 0.390. The maximum Gasteiger partial charge on any atom is 0.258 e. The van der Waals surface area contributed by atoms with E-state index >= 15 is 0 Å². The average Bonchev–Trinajstić information content (AvgIpc) is 2.61. The lowest BCUT2D eigenvalue weighted by Gasteiger charge is -2.22. The first-order chi connectivity index (χ1) is 6.24. The van der Waals surface area contributed by atoms with Crippen LogP contribution < -0.4 is 0 Å². The molecule has 0 radical (unpaired) electrons. The topological polar surface area (TPSA) is 3.24 Å². The van der Waals surface area contributed by atoms with Crippen molar-refractivity contribution in [2.24, 2.45) is 5.92 Å². The van der Waals surface area contributed by atoms with E-state index in [1.54, 1.807) is 0 Å². The monoisotopic (exact) mass is 187 g/mol. The molecule has 2 heterocycles. The number of allylic oxidation sites excluding steroid dienone is 1. The molecule has 0 aliphatic carbocycles. The molecule has 1 fully saturated rings. The number of halogens is 2. The van der Waals surface area contributed by atoms with Gasteiger partial charge in [-0.1, -0.05) is 13.0 Å². The summed E-state index contributed by atoms with van der Waals surface area (Å²) in [4.78, 5) is 1.92. The third-order valence-corrected chi connectivity index (χ3v) is 3.18. The summed E-state index contributed by atoms with van der Waals surface area (Å²) in [6, 6.07) is -0.501. The standard InChI is InChI=1S/C10H15F2N/c1-2-7-6-9(10(11)12)13-5-3-4-8(7)13/h4,7,9-10H,2-3,5-6H2,1H3. The Morgan fingerprint density at radius 2 is 2.38 bits per heavy atom. The Bertz CT molecular complexity index is 225. The van der Waals surface area contributed by atoms with Crippen LogP contribution in [0.4, 0.5) is 8.78 Å². The van der Waals surface area contributed by atoms with Crippen LogP contribution in [-0.2, 0) is 0 Å². The van der Waals surface area contributed by atoms with E-state index in [1.165, 1.54) is 5.70 Å². The van der Waals surface area contributed by atoms with Crippen molar-refractivity contribution in [3.63, 3.8) is 0 Å². The smallest absolute Gasteiger partial charge is 0.258 e. The van der Waals surface area contributed by atoms with Gasteiger partial charge in [0, 0.05) is 18.2 Å². The minimum Gasteiger partial charge on any atom is -0.366 e. The van der Waals surface area contributed by atoms with Crippen molar-refractivity contribution in [1.29, 1.82) is 0 Å². The van der Waals surface area contributed by atoms with E-state index < -0.39 is 12.5 Å². The Morgan fingerprint density at radius 1 is 1.62 bits per heavy atom. The first-order valence-corrected chi connectivity index (χ1v) is 4.99. The van der Waals surface area contributed by atoms with E-state index in [2.05, 4.69) is 13.0 Å². The number of nitrogens with zero attached hydrogens (tertiary/aromatic N) is 1. The second kappa shape index (κ2) is 3.28. The largest absolute Gasteiger partial charge is 0.366 e. The van der Waals surface area contributed by atoms with E-state index in [4.69, 9.17) is 0 Å². The molecule has 2 unspecified atom stereocenters. The Kier molecular flexibility index (Phi) is 2.26. The highest BCUT2D eigenvalue weighted by Gasteiger charge is 2.41. The molecule has 1 nitrogen and oxygen atoms in total. The summed E-state index contributed by atoms with van der Waals surface area (Å²) >= 11 is 0. The fourth-order valence-electron chi connectivity index (χ4n) is 2.51. The van der Waals surface area contributed by atoms with E-state index in [0.29, 0.717) is 12.3 Å². The van der Waals surface area contributed by atoms with Gasteiger partial charge >= 0.3 is 0 Å². The minimum atomic E-state index is -2.18. The predicted molar refractivity (Wildman–Crippen MR) is 47.6 cm³/mol. The van der Waals surface area contributed by atoms with Crippen LogP contribution in [0.5, 0.6) is 0 Å². The van der Waals surface area contributed by atoms with Crippen LogP contribution in [-0.4, -0.2) is 23.9 Å². The van der Waals surface area contributed by atoms with Gasteiger partial charge in [0.25, 0.3) is 6.43 Å². The van der Waals surface area contributed by atoms with Gasteiger partial charge < -0.3 is 4.90 Å². The van der Waals surface area contributed by atoms with Crippen LogP contribution in [0.2, 0.25) is 0 Å². The van der Waals surface area contributed by atoms with Gasteiger partial charge in [0.2, 0.25) is 0 Å². The fraction of sp³-hybridized carbons (Fsp3) is 0.800. The van der Waals surface area contributed by atoms with E-state index in [0.717, 1.165) is 19.4 Å². The highest BCUT2D eigenvalue weighted by molar-refractivity contribution is 5.18. The number of alkyl halides is 2. The fourth-order valence-corrected chi connectivity index (χ4v) is 2.51. The zero-order valence-electron chi connectivity index (χ0n) is 7.84. The second-order valence-corrected chi connectivity index (χ2v) is 3.85. The van der Waals surface area contributed by atoms with Crippen LogP contribution in [0.25, 0.3) is 0 Å². The molecule has 3 heteroatoms. The Morgan fingerprint density at radius 3 is 3.00 bits per heavy atom. The van der Waals surface area contributed by atoms with Gasteiger partial charge in [0.05, 0.1) is 6.04 Å². The van der Waals surface area contributed by atoms with Crippen molar-refractivity contribution in [3.8, 4) is 0 Å². The summed E-state index contributed by atoms with van der Waals surface area (Å²) in [7, 11) is 0. The lowest BCUT2D eigenvalue weighted by atomic mass is 10.00. The summed E-state index contributed by atoms with van der Waals surface area (Å²) in [5.41, 5.74) is 1.19. The Hall–Kier alpha value is -0.600. The number of rotatable bonds is 2. The number of hydrogen-bond donors (Lipinski definition) is 0. The molecule has 74 valence electrons. The molecule has 0 saturated carbocycles. The molecular weight excluding hydrogens is 172 g/mol. The van der Waals surface area contributed by atoms with Crippen LogP contribution in [0.3, 0.4) is 0 Å². The summed E-state index contributed by atoms with van der Waals surface area (Å²) < 4.78 is 25.2. The average molecular weight is 187 g/mol. The third-order valence-electron chi connectivity index (χ3n) is 3.18. The van der Waals surface area contributed by atoms with Gasteiger partial charge in [-0.3, -0.25) is 0 Å². The van der Waals surface area contributed by atoms with E-state index in [-0.39, 0.29) is 0 Å². The zero-order valence-corrected chi connectivity index (χ0v) is 7.84. The third kappa shape index (κ3) is 1.34. The SMILES string of the molecule is CCC1CC(C(F)F)N2CCC=C12. The van der Waals surface area contributed by atoms with Gasteiger partial charge in [-0.05, 0) is 19.3 Å². The minimum absolute atomic E-state index is 0.390. The molecule has 0 bridgehead atoms. The van der Waals surface area contributed by atoms with Crippen molar-refractivity contribution < 1.29 is 8.78 Å².